The van der Waals surface area contributed by atoms with Crippen LogP contribution in [0.3, 0.4) is 0 Å². The van der Waals surface area contributed by atoms with Crippen LogP contribution in [0.4, 0.5) is 5.82 Å². The highest BCUT2D eigenvalue weighted by Crippen LogP contribution is 2.30. The third-order valence-corrected chi connectivity index (χ3v) is 4.26. The Bertz CT molecular complexity index is 816. The number of hydrogen-bond donors (Lipinski definition) is 1. The molecular weight excluding hydrogens is 282 g/mol. The smallest absolute Gasteiger partial charge is 0.125 e. The van der Waals surface area contributed by atoms with Gasteiger partial charge in [0, 0.05) is 11.1 Å². The number of nitrogens with two attached hydrogens (primary N) is 1. The average Bonchev–Trinajstić information content (AvgIpc) is 2.84. The Labute approximate surface area is 137 Å². The van der Waals surface area contributed by atoms with Crippen molar-refractivity contribution in [2.24, 2.45) is 0 Å². The van der Waals surface area contributed by atoms with Crippen LogP contribution < -0.4 is 5.73 Å². The Hall–Kier alpha value is -2.55. The van der Waals surface area contributed by atoms with Gasteiger partial charge in [0.15, 0.2) is 0 Å². The Morgan fingerprint density at radius 3 is 2.43 bits per heavy atom. The molecule has 1 aromatic heterocycles. The number of hydrogen-bond acceptors (Lipinski definition) is 2. The molecule has 0 aliphatic heterocycles. The lowest BCUT2D eigenvalue weighted by molar-refractivity contribution is 0.699. The fraction of sp³-hybridized carbons (Fsp3) is 0.250. The molecule has 0 saturated heterocycles. The van der Waals surface area contributed by atoms with Gasteiger partial charge in [-0.1, -0.05) is 61.0 Å². The van der Waals surface area contributed by atoms with Crippen molar-refractivity contribution in [2.45, 2.75) is 33.7 Å². The molecule has 0 radical (unpaired) electrons. The van der Waals surface area contributed by atoms with Gasteiger partial charge >= 0.3 is 0 Å². The standard InChI is InChI=1S/C20H23N3/c1-4-17-19(18-11-10-14(2)12-15(18)3)22-23(20(17)21)13-16-8-6-5-7-9-16/h5-12H,4,13,21H2,1-3H3. The highest BCUT2D eigenvalue weighted by molar-refractivity contribution is 5.71. The SMILES string of the molecule is CCc1c(-c2ccc(C)cc2C)nn(Cc2ccccc2)c1N. The third kappa shape index (κ3) is 3.00. The van der Waals surface area contributed by atoms with E-state index in [1.807, 2.05) is 22.9 Å². The minimum atomic E-state index is 0.699. The molecule has 23 heavy (non-hydrogen) atoms. The molecule has 0 atom stereocenters. The summed E-state index contributed by atoms with van der Waals surface area (Å²) in [6.45, 7) is 7.08. The predicted octanol–water partition coefficient (Wildman–Crippen LogP) is 4.36. The van der Waals surface area contributed by atoms with E-state index in [2.05, 4.69) is 51.1 Å². The highest BCUT2D eigenvalue weighted by Gasteiger charge is 2.17. The van der Waals surface area contributed by atoms with Gasteiger partial charge in [-0.15, -0.1) is 0 Å². The van der Waals surface area contributed by atoms with Crippen molar-refractivity contribution in [1.82, 2.24) is 9.78 Å². The summed E-state index contributed by atoms with van der Waals surface area (Å²) in [4.78, 5) is 0. The topological polar surface area (TPSA) is 43.8 Å². The molecule has 0 saturated carbocycles. The molecule has 0 amide bonds. The maximum Gasteiger partial charge on any atom is 0.125 e. The lowest BCUT2D eigenvalue weighted by Crippen LogP contribution is -2.06. The Kier molecular flexibility index (Phi) is 4.20. The summed E-state index contributed by atoms with van der Waals surface area (Å²) >= 11 is 0. The van der Waals surface area contributed by atoms with E-state index in [4.69, 9.17) is 10.8 Å². The zero-order valence-corrected chi connectivity index (χ0v) is 14.0. The van der Waals surface area contributed by atoms with Crippen molar-refractivity contribution in [3.05, 3.63) is 70.8 Å². The summed E-state index contributed by atoms with van der Waals surface area (Å²) in [6.07, 6.45) is 0.878. The van der Waals surface area contributed by atoms with Crippen LogP contribution in [0.25, 0.3) is 11.3 Å². The number of nitrogen functional groups attached to an aromatic ring is 1. The maximum absolute atomic E-state index is 6.38. The molecule has 0 aliphatic rings. The summed E-state index contributed by atoms with van der Waals surface area (Å²) in [7, 11) is 0. The van der Waals surface area contributed by atoms with Gasteiger partial charge in [0.2, 0.25) is 0 Å². The van der Waals surface area contributed by atoms with E-state index < -0.39 is 0 Å². The number of benzene rings is 2. The number of aromatic nitrogens is 2. The molecule has 3 aromatic rings. The zero-order chi connectivity index (χ0) is 16.4. The minimum absolute atomic E-state index is 0.699. The maximum atomic E-state index is 6.38. The van der Waals surface area contributed by atoms with Crippen molar-refractivity contribution in [2.75, 3.05) is 5.73 Å². The van der Waals surface area contributed by atoms with Crippen LogP contribution in [0.15, 0.2) is 48.5 Å². The molecule has 3 nitrogen and oxygen atoms in total. The van der Waals surface area contributed by atoms with E-state index in [9.17, 15) is 0 Å². The molecular formula is C20H23N3. The van der Waals surface area contributed by atoms with Crippen LogP contribution in [0.2, 0.25) is 0 Å². The van der Waals surface area contributed by atoms with Crippen LogP contribution in [-0.2, 0) is 13.0 Å². The summed E-state index contributed by atoms with van der Waals surface area (Å²) < 4.78 is 1.92. The summed E-state index contributed by atoms with van der Waals surface area (Å²) in [5.74, 6) is 0.770. The third-order valence-electron chi connectivity index (χ3n) is 4.26. The Morgan fingerprint density at radius 1 is 1.04 bits per heavy atom. The van der Waals surface area contributed by atoms with Gasteiger partial charge < -0.3 is 5.73 Å². The highest BCUT2D eigenvalue weighted by atomic mass is 15.3. The van der Waals surface area contributed by atoms with Crippen molar-refractivity contribution in [3.8, 4) is 11.3 Å². The monoisotopic (exact) mass is 305 g/mol. The molecule has 3 rings (SSSR count). The van der Waals surface area contributed by atoms with E-state index in [0.29, 0.717) is 6.54 Å². The van der Waals surface area contributed by atoms with Gasteiger partial charge in [-0.3, -0.25) is 0 Å². The van der Waals surface area contributed by atoms with Gasteiger partial charge in [0.1, 0.15) is 5.82 Å². The van der Waals surface area contributed by atoms with Crippen molar-refractivity contribution < 1.29 is 0 Å². The van der Waals surface area contributed by atoms with E-state index in [0.717, 1.165) is 23.5 Å². The van der Waals surface area contributed by atoms with E-state index >= 15 is 0 Å². The largest absolute Gasteiger partial charge is 0.384 e. The number of aryl methyl sites for hydroxylation is 2. The Balaban J connectivity index is 2.06. The van der Waals surface area contributed by atoms with Gasteiger partial charge in [-0.05, 0) is 31.4 Å². The number of anilines is 1. The molecule has 0 fully saturated rings. The normalized spacial score (nSPS) is 10.9. The molecule has 3 heteroatoms. The second-order valence-electron chi connectivity index (χ2n) is 6.03. The molecule has 1 heterocycles. The van der Waals surface area contributed by atoms with E-state index in [1.54, 1.807) is 0 Å². The number of nitrogens with zero attached hydrogens (tertiary/aromatic N) is 2. The fourth-order valence-corrected chi connectivity index (χ4v) is 3.03. The second kappa shape index (κ2) is 6.29. The molecule has 118 valence electrons. The lowest BCUT2D eigenvalue weighted by Gasteiger charge is -2.06. The van der Waals surface area contributed by atoms with Crippen LogP contribution in [0, 0.1) is 13.8 Å². The lowest BCUT2D eigenvalue weighted by atomic mass is 9.99. The van der Waals surface area contributed by atoms with Crippen LogP contribution in [-0.4, -0.2) is 9.78 Å². The first kappa shape index (κ1) is 15.3. The second-order valence-corrected chi connectivity index (χ2v) is 6.03. The van der Waals surface area contributed by atoms with Gasteiger partial charge in [0.05, 0.1) is 12.2 Å². The van der Waals surface area contributed by atoms with E-state index in [1.165, 1.54) is 22.3 Å². The summed E-state index contributed by atoms with van der Waals surface area (Å²) in [6, 6.07) is 16.8. The van der Waals surface area contributed by atoms with E-state index in [-0.39, 0.29) is 0 Å². The van der Waals surface area contributed by atoms with Crippen molar-refractivity contribution >= 4 is 5.82 Å². The molecule has 0 spiro atoms. The number of rotatable bonds is 4. The van der Waals surface area contributed by atoms with Crippen LogP contribution in [0.1, 0.15) is 29.2 Å². The van der Waals surface area contributed by atoms with Crippen molar-refractivity contribution in [3.63, 3.8) is 0 Å². The zero-order valence-electron chi connectivity index (χ0n) is 14.0. The quantitative estimate of drug-likeness (QED) is 0.778. The molecule has 0 unspecified atom stereocenters. The molecule has 0 aliphatic carbocycles. The van der Waals surface area contributed by atoms with Crippen LogP contribution in [0.5, 0.6) is 0 Å². The fourth-order valence-electron chi connectivity index (χ4n) is 3.03. The summed E-state index contributed by atoms with van der Waals surface area (Å²) in [5, 5.41) is 4.83. The van der Waals surface area contributed by atoms with Gasteiger partial charge in [-0.2, -0.15) is 5.10 Å². The Morgan fingerprint density at radius 2 is 1.78 bits per heavy atom. The first-order chi connectivity index (χ1) is 11.1. The minimum Gasteiger partial charge on any atom is -0.384 e. The average molecular weight is 305 g/mol. The van der Waals surface area contributed by atoms with Gasteiger partial charge in [-0.25, -0.2) is 4.68 Å². The first-order valence-electron chi connectivity index (χ1n) is 8.07. The predicted molar refractivity (Wildman–Crippen MR) is 96.5 cm³/mol. The molecule has 2 N–H and O–H groups in total. The summed E-state index contributed by atoms with van der Waals surface area (Å²) in [5.41, 5.74) is 13.4. The first-order valence-corrected chi connectivity index (χ1v) is 8.07. The molecule has 0 bridgehead atoms. The van der Waals surface area contributed by atoms with Gasteiger partial charge in [0.25, 0.3) is 0 Å². The van der Waals surface area contributed by atoms with Crippen molar-refractivity contribution in [1.29, 1.82) is 0 Å². The van der Waals surface area contributed by atoms with Crippen LogP contribution >= 0.6 is 0 Å². The molecule has 2 aromatic carbocycles.